The fraction of sp³-hybridized carbons (Fsp3) is 0.316. The molecular weight excluding hydrogens is 324 g/mol. The summed E-state index contributed by atoms with van der Waals surface area (Å²) in [6.45, 7) is 0. The highest BCUT2D eigenvalue weighted by atomic mass is 32.2. The molecule has 0 spiro atoms. The summed E-state index contributed by atoms with van der Waals surface area (Å²) in [5.74, 6) is 1.56. The molecule has 0 unspecified atom stereocenters. The van der Waals surface area contributed by atoms with E-state index in [1.165, 1.54) is 5.56 Å². The number of aliphatic carboxylic acids is 1. The molecule has 0 saturated carbocycles. The summed E-state index contributed by atoms with van der Waals surface area (Å²) >= 11 is 1.65. The summed E-state index contributed by atoms with van der Waals surface area (Å²) in [5, 5.41) is 12.9. The number of allylic oxidation sites excluding steroid dienone is 1. The van der Waals surface area contributed by atoms with Crippen LogP contribution in [0.15, 0.2) is 41.8 Å². The van der Waals surface area contributed by atoms with E-state index in [4.69, 9.17) is 14.6 Å². The van der Waals surface area contributed by atoms with Crippen LogP contribution in [0.4, 0.5) is 0 Å². The molecule has 0 aliphatic carbocycles. The maximum atomic E-state index is 10.4. The van der Waals surface area contributed by atoms with Crippen molar-refractivity contribution in [1.82, 2.24) is 0 Å². The Morgan fingerprint density at radius 1 is 1.12 bits per heavy atom. The lowest BCUT2D eigenvalue weighted by molar-refractivity contribution is -0.137. The van der Waals surface area contributed by atoms with Crippen molar-refractivity contribution in [2.24, 2.45) is 0 Å². The smallest absolute Gasteiger partial charge is 0.303 e. The van der Waals surface area contributed by atoms with E-state index in [9.17, 15) is 4.79 Å². The molecule has 1 N–H and O–H groups in total. The van der Waals surface area contributed by atoms with Crippen LogP contribution >= 0.6 is 11.8 Å². The van der Waals surface area contributed by atoms with Gasteiger partial charge >= 0.3 is 5.97 Å². The number of carboxylic acids is 1. The van der Waals surface area contributed by atoms with Gasteiger partial charge in [0.1, 0.15) is 0 Å². The standard InChI is InChI=1S/C19H22O4S/c1-22-17-12-15-8-7-14(11-16(15)13-18(17)23-2)5-3-9-24-10-4-6-19(20)21/h3,7-9,11-13H,4-6,10H2,1-2H3,(H,20,21). The van der Waals surface area contributed by atoms with Crippen molar-refractivity contribution in [2.75, 3.05) is 20.0 Å². The first kappa shape index (κ1) is 18.2. The van der Waals surface area contributed by atoms with Crippen LogP contribution in [-0.2, 0) is 11.2 Å². The number of thioether (sulfide) groups is 1. The molecule has 128 valence electrons. The van der Waals surface area contributed by atoms with Crippen molar-refractivity contribution >= 4 is 28.5 Å². The third-order valence-corrected chi connectivity index (χ3v) is 4.52. The second-order valence-corrected chi connectivity index (χ2v) is 6.35. The normalized spacial score (nSPS) is 11.1. The lowest BCUT2D eigenvalue weighted by atomic mass is 10.0. The number of benzene rings is 2. The molecule has 2 rings (SSSR count). The second kappa shape index (κ2) is 9.23. The van der Waals surface area contributed by atoms with E-state index in [1.807, 2.05) is 17.5 Å². The van der Waals surface area contributed by atoms with Crippen LogP contribution < -0.4 is 9.47 Å². The zero-order valence-corrected chi connectivity index (χ0v) is 14.8. The van der Waals surface area contributed by atoms with E-state index in [2.05, 4.69) is 24.3 Å². The summed E-state index contributed by atoms with van der Waals surface area (Å²) in [6.07, 6.45) is 3.88. The van der Waals surface area contributed by atoms with E-state index >= 15 is 0 Å². The summed E-state index contributed by atoms with van der Waals surface area (Å²) in [5.41, 5.74) is 1.22. The minimum atomic E-state index is -0.734. The number of fused-ring (bicyclic) bond motifs is 1. The molecule has 0 bridgehead atoms. The Morgan fingerprint density at radius 2 is 1.83 bits per heavy atom. The molecule has 0 radical (unpaired) electrons. The van der Waals surface area contributed by atoms with E-state index in [0.29, 0.717) is 6.42 Å². The van der Waals surface area contributed by atoms with Gasteiger partial charge in [0.15, 0.2) is 11.5 Å². The lowest BCUT2D eigenvalue weighted by Gasteiger charge is -2.10. The number of ether oxygens (including phenoxy) is 2. The zero-order valence-electron chi connectivity index (χ0n) is 14.0. The highest BCUT2D eigenvalue weighted by molar-refractivity contribution is 8.02. The third kappa shape index (κ3) is 5.20. The average molecular weight is 346 g/mol. The quantitative estimate of drug-likeness (QED) is 0.677. The van der Waals surface area contributed by atoms with Gasteiger partial charge in [-0.05, 0) is 52.5 Å². The van der Waals surface area contributed by atoms with Gasteiger partial charge < -0.3 is 14.6 Å². The van der Waals surface area contributed by atoms with Crippen LogP contribution in [-0.4, -0.2) is 31.0 Å². The van der Waals surface area contributed by atoms with Crippen molar-refractivity contribution in [2.45, 2.75) is 19.3 Å². The summed E-state index contributed by atoms with van der Waals surface area (Å²) in [7, 11) is 3.27. The molecule has 0 heterocycles. The molecule has 24 heavy (non-hydrogen) atoms. The second-order valence-electron chi connectivity index (χ2n) is 5.33. The van der Waals surface area contributed by atoms with Crippen molar-refractivity contribution in [3.8, 4) is 11.5 Å². The van der Waals surface area contributed by atoms with E-state index in [1.54, 1.807) is 26.0 Å². The number of carboxylic acid groups (broad SMARTS) is 1. The Bertz CT molecular complexity index is 725. The minimum absolute atomic E-state index is 0.233. The van der Waals surface area contributed by atoms with Gasteiger partial charge in [-0.25, -0.2) is 0 Å². The Balaban J connectivity index is 1.96. The van der Waals surface area contributed by atoms with Gasteiger partial charge in [0.25, 0.3) is 0 Å². The van der Waals surface area contributed by atoms with Gasteiger partial charge in [-0.2, -0.15) is 0 Å². The SMILES string of the molecule is COc1cc2ccc(CC=CSCCCC(=O)O)cc2cc1OC. The van der Waals surface area contributed by atoms with E-state index in [0.717, 1.165) is 34.4 Å². The average Bonchev–Trinajstić information content (AvgIpc) is 2.59. The maximum absolute atomic E-state index is 10.4. The van der Waals surface area contributed by atoms with Crippen molar-refractivity contribution in [3.05, 3.63) is 47.4 Å². The maximum Gasteiger partial charge on any atom is 0.303 e. The Kier molecular flexibility index (Phi) is 7.00. The molecule has 2 aromatic carbocycles. The molecule has 0 fully saturated rings. The fourth-order valence-corrected chi connectivity index (χ4v) is 3.06. The van der Waals surface area contributed by atoms with Crippen LogP contribution in [0.5, 0.6) is 11.5 Å². The zero-order chi connectivity index (χ0) is 17.4. The number of methoxy groups -OCH3 is 2. The van der Waals surface area contributed by atoms with Gasteiger partial charge in [0, 0.05) is 6.42 Å². The topological polar surface area (TPSA) is 55.8 Å². The molecule has 0 amide bonds. The number of carbonyl (C=O) groups is 1. The van der Waals surface area contributed by atoms with Crippen LogP contribution in [0.2, 0.25) is 0 Å². The third-order valence-electron chi connectivity index (χ3n) is 3.61. The Labute approximate surface area is 146 Å². The minimum Gasteiger partial charge on any atom is -0.493 e. The summed E-state index contributed by atoms with van der Waals surface area (Å²) in [6, 6.07) is 10.3. The molecule has 0 aliphatic heterocycles. The Hall–Kier alpha value is -2.14. The molecule has 5 heteroatoms. The first-order valence-corrected chi connectivity index (χ1v) is 8.82. The number of hydrogen-bond donors (Lipinski definition) is 1. The molecule has 0 atom stereocenters. The van der Waals surface area contributed by atoms with E-state index in [-0.39, 0.29) is 6.42 Å². The predicted molar refractivity (Wildman–Crippen MR) is 99.2 cm³/mol. The van der Waals surface area contributed by atoms with Crippen LogP contribution in [0.1, 0.15) is 18.4 Å². The molecule has 2 aromatic rings. The largest absolute Gasteiger partial charge is 0.493 e. The van der Waals surface area contributed by atoms with Gasteiger partial charge in [-0.15, -0.1) is 11.8 Å². The monoisotopic (exact) mass is 346 g/mol. The molecule has 4 nitrogen and oxygen atoms in total. The van der Waals surface area contributed by atoms with Gasteiger partial charge in [0.2, 0.25) is 0 Å². The van der Waals surface area contributed by atoms with Crippen molar-refractivity contribution in [3.63, 3.8) is 0 Å². The molecule has 0 saturated heterocycles. The Morgan fingerprint density at radius 3 is 2.50 bits per heavy atom. The first-order valence-electron chi connectivity index (χ1n) is 7.77. The van der Waals surface area contributed by atoms with Crippen molar-refractivity contribution in [1.29, 1.82) is 0 Å². The highest BCUT2D eigenvalue weighted by Gasteiger charge is 2.06. The first-order chi connectivity index (χ1) is 11.6. The van der Waals surface area contributed by atoms with Gasteiger partial charge in [0.05, 0.1) is 14.2 Å². The molecule has 0 aliphatic rings. The van der Waals surface area contributed by atoms with Crippen LogP contribution in [0, 0.1) is 0 Å². The van der Waals surface area contributed by atoms with Crippen LogP contribution in [0.3, 0.4) is 0 Å². The van der Waals surface area contributed by atoms with Crippen LogP contribution in [0.25, 0.3) is 10.8 Å². The molecule has 0 aromatic heterocycles. The van der Waals surface area contributed by atoms with Gasteiger partial charge in [-0.1, -0.05) is 24.3 Å². The summed E-state index contributed by atoms with van der Waals surface area (Å²) < 4.78 is 10.7. The summed E-state index contributed by atoms with van der Waals surface area (Å²) in [4.78, 5) is 10.4. The van der Waals surface area contributed by atoms with Crippen molar-refractivity contribution < 1.29 is 19.4 Å². The molecular formula is C19H22O4S. The predicted octanol–water partition coefficient (Wildman–Crippen LogP) is 4.51. The lowest BCUT2D eigenvalue weighted by Crippen LogP contribution is -1.94. The number of rotatable bonds is 9. The van der Waals surface area contributed by atoms with E-state index < -0.39 is 5.97 Å². The highest BCUT2D eigenvalue weighted by Crippen LogP contribution is 2.32. The number of hydrogen-bond acceptors (Lipinski definition) is 4. The van der Waals surface area contributed by atoms with Gasteiger partial charge in [-0.3, -0.25) is 4.79 Å². The fourth-order valence-electron chi connectivity index (χ4n) is 2.38.